The minimum Gasteiger partial charge on any atom is -0.314 e. The van der Waals surface area contributed by atoms with Gasteiger partial charge in [-0.1, -0.05) is 6.92 Å². The van der Waals surface area contributed by atoms with E-state index in [0.29, 0.717) is 0 Å². The van der Waals surface area contributed by atoms with Crippen LogP contribution in [0.25, 0.3) is 0 Å². The van der Waals surface area contributed by atoms with Gasteiger partial charge in [0.05, 0.1) is 0 Å². The third-order valence-corrected chi connectivity index (χ3v) is 4.24. The van der Waals surface area contributed by atoms with Crippen LogP contribution in [0.1, 0.15) is 32.6 Å². The van der Waals surface area contributed by atoms with Crippen molar-refractivity contribution in [2.24, 2.45) is 0 Å². The molecular weight excluding hydrogens is 198 g/mol. The second-order valence-corrected chi connectivity index (χ2v) is 5.40. The predicted octanol–water partition coefficient (Wildman–Crippen LogP) is 1.15. The lowest BCUT2D eigenvalue weighted by Crippen LogP contribution is -2.50. The highest BCUT2D eigenvalue weighted by Gasteiger charge is 2.26. The first-order chi connectivity index (χ1) is 7.79. The standard InChI is InChI=1S/C13H27N3/c1-3-14-12-4-6-13(7-5-12)16-10-8-15(2)9-11-16/h12-14H,3-11H2,1-2H3. The fraction of sp³-hybridized carbons (Fsp3) is 1.00. The van der Waals surface area contributed by atoms with Crippen molar-refractivity contribution >= 4 is 0 Å². The number of piperazine rings is 1. The van der Waals surface area contributed by atoms with Gasteiger partial charge in [0.25, 0.3) is 0 Å². The topological polar surface area (TPSA) is 18.5 Å². The molecule has 0 atom stereocenters. The molecule has 0 aromatic heterocycles. The molecule has 2 fully saturated rings. The van der Waals surface area contributed by atoms with E-state index >= 15 is 0 Å². The van der Waals surface area contributed by atoms with Crippen LogP contribution in [-0.2, 0) is 0 Å². The highest BCUT2D eigenvalue weighted by Crippen LogP contribution is 2.23. The number of likely N-dealkylation sites (N-methyl/N-ethyl adjacent to an activating group) is 1. The molecule has 1 aliphatic carbocycles. The Morgan fingerprint density at radius 1 is 1.00 bits per heavy atom. The lowest BCUT2D eigenvalue weighted by atomic mass is 9.90. The molecule has 0 spiro atoms. The summed E-state index contributed by atoms with van der Waals surface area (Å²) < 4.78 is 0. The molecule has 0 aromatic rings. The first kappa shape index (κ1) is 12.3. The number of rotatable bonds is 3. The highest BCUT2D eigenvalue weighted by atomic mass is 15.3. The summed E-state index contributed by atoms with van der Waals surface area (Å²) in [7, 11) is 2.24. The van der Waals surface area contributed by atoms with E-state index in [4.69, 9.17) is 0 Å². The second kappa shape index (κ2) is 5.99. The van der Waals surface area contributed by atoms with Crippen LogP contribution in [-0.4, -0.2) is 61.7 Å². The zero-order valence-corrected chi connectivity index (χ0v) is 10.9. The SMILES string of the molecule is CCNC1CCC(N2CCN(C)CC2)CC1. The lowest BCUT2D eigenvalue weighted by Gasteiger charge is -2.41. The monoisotopic (exact) mass is 225 g/mol. The fourth-order valence-electron chi connectivity index (χ4n) is 3.12. The van der Waals surface area contributed by atoms with Gasteiger partial charge in [0.2, 0.25) is 0 Å². The molecule has 0 bridgehead atoms. The van der Waals surface area contributed by atoms with E-state index in [-0.39, 0.29) is 0 Å². The van der Waals surface area contributed by atoms with Gasteiger partial charge in [0, 0.05) is 38.3 Å². The molecule has 94 valence electrons. The molecule has 0 aromatic carbocycles. The van der Waals surface area contributed by atoms with E-state index in [1.54, 1.807) is 0 Å². The third kappa shape index (κ3) is 3.19. The van der Waals surface area contributed by atoms with Crippen molar-refractivity contribution in [2.75, 3.05) is 39.8 Å². The van der Waals surface area contributed by atoms with Crippen LogP contribution in [0.3, 0.4) is 0 Å². The van der Waals surface area contributed by atoms with Gasteiger partial charge in [0.15, 0.2) is 0 Å². The molecule has 16 heavy (non-hydrogen) atoms. The second-order valence-electron chi connectivity index (χ2n) is 5.40. The maximum absolute atomic E-state index is 3.59. The summed E-state index contributed by atoms with van der Waals surface area (Å²) in [5.74, 6) is 0. The van der Waals surface area contributed by atoms with Gasteiger partial charge in [-0.25, -0.2) is 0 Å². The van der Waals surface area contributed by atoms with E-state index in [1.165, 1.54) is 51.9 Å². The molecule has 1 saturated heterocycles. The molecule has 0 amide bonds. The summed E-state index contributed by atoms with van der Waals surface area (Å²) in [5, 5.41) is 3.59. The van der Waals surface area contributed by atoms with E-state index in [9.17, 15) is 0 Å². The third-order valence-electron chi connectivity index (χ3n) is 4.24. The number of hydrogen-bond acceptors (Lipinski definition) is 3. The Morgan fingerprint density at radius 3 is 2.19 bits per heavy atom. The zero-order valence-electron chi connectivity index (χ0n) is 10.9. The molecule has 1 saturated carbocycles. The van der Waals surface area contributed by atoms with Gasteiger partial charge in [-0.3, -0.25) is 4.90 Å². The highest BCUT2D eigenvalue weighted by molar-refractivity contribution is 4.84. The maximum atomic E-state index is 3.59. The number of nitrogens with one attached hydrogen (secondary N) is 1. The smallest absolute Gasteiger partial charge is 0.0113 e. The van der Waals surface area contributed by atoms with Crippen LogP contribution in [0.5, 0.6) is 0 Å². The molecular formula is C13H27N3. The van der Waals surface area contributed by atoms with Crippen LogP contribution in [0.4, 0.5) is 0 Å². The van der Waals surface area contributed by atoms with Crippen molar-refractivity contribution in [2.45, 2.75) is 44.7 Å². The van der Waals surface area contributed by atoms with Crippen LogP contribution >= 0.6 is 0 Å². The Balaban J connectivity index is 1.72. The summed E-state index contributed by atoms with van der Waals surface area (Å²) in [5.41, 5.74) is 0. The number of nitrogens with zero attached hydrogens (tertiary/aromatic N) is 2. The zero-order chi connectivity index (χ0) is 11.4. The first-order valence-electron chi connectivity index (χ1n) is 6.95. The van der Waals surface area contributed by atoms with Gasteiger partial charge in [-0.05, 0) is 39.3 Å². The average Bonchev–Trinajstić information content (AvgIpc) is 2.32. The van der Waals surface area contributed by atoms with Crippen LogP contribution in [0.15, 0.2) is 0 Å². The van der Waals surface area contributed by atoms with Gasteiger partial charge < -0.3 is 10.2 Å². The van der Waals surface area contributed by atoms with Crippen LogP contribution in [0.2, 0.25) is 0 Å². The van der Waals surface area contributed by atoms with Crippen molar-refractivity contribution in [1.29, 1.82) is 0 Å². The quantitative estimate of drug-likeness (QED) is 0.777. The average molecular weight is 225 g/mol. The van der Waals surface area contributed by atoms with Crippen molar-refractivity contribution in [3.63, 3.8) is 0 Å². The lowest BCUT2D eigenvalue weighted by molar-refractivity contribution is 0.0855. The summed E-state index contributed by atoms with van der Waals surface area (Å²) in [6, 6.07) is 1.68. The molecule has 1 heterocycles. The van der Waals surface area contributed by atoms with Gasteiger partial charge >= 0.3 is 0 Å². The molecule has 0 unspecified atom stereocenters. The van der Waals surface area contributed by atoms with Crippen molar-refractivity contribution < 1.29 is 0 Å². The molecule has 3 heteroatoms. The molecule has 0 radical (unpaired) electrons. The molecule has 2 rings (SSSR count). The molecule has 1 N–H and O–H groups in total. The van der Waals surface area contributed by atoms with Crippen molar-refractivity contribution in [3.8, 4) is 0 Å². The summed E-state index contributed by atoms with van der Waals surface area (Å²) in [6.45, 7) is 8.43. The van der Waals surface area contributed by atoms with Crippen molar-refractivity contribution in [3.05, 3.63) is 0 Å². The Hall–Kier alpha value is -0.120. The molecule has 3 nitrogen and oxygen atoms in total. The Morgan fingerprint density at radius 2 is 1.62 bits per heavy atom. The summed E-state index contributed by atoms with van der Waals surface area (Å²) in [6.07, 6.45) is 5.57. The van der Waals surface area contributed by atoms with E-state index < -0.39 is 0 Å². The normalized spacial score (nSPS) is 34.1. The minimum atomic E-state index is 0.800. The number of hydrogen-bond donors (Lipinski definition) is 1. The van der Waals surface area contributed by atoms with E-state index in [2.05, 4.69) is 29.1 Å². The van der Waals surface area contributed by atoms with Crippen LogP contribution in [0, 0.1) is 0 Å². The van der Waals surface area contributed by atoms with Crippen LogP contribution < -0.4 is 5.32 Å². The first-order valence-corrected chi connectivity index (χ1v) is 6.95. The van der Waals surface area contributed by atoms with Gasteiger partial charge in [-0.15, -0.1) is 0 Å². The summed E-state index contributed by atoms with van der Waals surface area (Å²) in [4.78, 5) is 5.17. The summed E-state index contributed by atoms with van der Waals surface area (Å²) >= 11 is 0. The predicted molar refractivity (Wildman–Crippen MR) is 68.8 cm³/mol. The molecule has 1 aliphatic heterocycles. The van der Waals surface area contributed by atoms with Gasteiger partial charge in [0.1, 0.15) is 0 Å². The largest absolute Gasteiger partial charge is 0.314 e. The van der Waals surface area contributed by atoms with E-state index in [0.717, 1.165) is 18.6 Å². The Bertz CT molecular complexity index is 191. The Kier molecular flexibility index (Phi) is 4.62. The maximum Gasteiger partial charge on any atom is 0.0113 e. The van der Waals surface area contributed by atoms with Crippen molar-refractivity contribution in [1.82, 2.24) is 15.1 Å². The van der Waals surface area contributed by atoms with Gasteiger partial charge in [-0.2, -0.15) is 0 Å². The fourth-order valence-corrected chi connectivity index (χ4v) is 3.12. The molecule has 2 aliphatic rings. The minimum absolute atomic E-state index is 0.800. The Labute approximate surface area is 100 Å². The van der Waals surface area contributed by atoms with E-state index in [1.807, 2.05) is 0 Å².